The van der Waals surface area contributed by atoms with Crippen molar-refractivity contribution >= 4 is 21.7 Å². The van der Waals surface area contributed by atoms with Gasteiger partial charge < -0.3 is 14.8 Å². The van der Waals surface area contributed by atoms with Gasteiger partial charge in [0.15, 0.2) is 15.9 Å². The molecule has 0 radical (unpaired) electrons. The number of carbonyl (C=O) groups is 2. The molecule has 2 rings (SSSR count). The molecule has 1 amide bonds. The van der Waals surface area contributed by atoms with E-state index in [9.17, 15) is 18.0 Å². The number of sulfone groups is 1. The molecule has 1 N–H and O–H groups in total. The first kappa shape index (κ1) is 20.4. The number of amides is 1. The van der Waals surface area contributed by atoms with Gasteiger partial charge in [0.25, 0.3) is 5.91 Å². The summed E-state index contributed by atoms with van der Waals surface area (Å²) in [6.07, 6.45) is 0.0839. The Labute approximate surface area is 158 Å². The van der Waals surface area contributed by atoms with Gasteiger partial charge in [0, 0.05) is 12.8 Å². The van der Waals surface area contributed by atoms with Crippen molar-refractivity contribution in [3.05, 3.63) is 59.7 Å². The highest BCUT2D eigenvalue weighted by atomic mass is 32.2. The van der Waals surface area contributed by atoms with Gasteiger partial charge in [0.05, 0.1) is 17.6 Å². The Morgan fingerprint density at radius 2 is 1.63 bits per heavy atom. The second-order valence-electron chi connectivity index (χ2n) is 5.91. The second kappa shape index (κ2) is 8.68. The van der Waals surface area contributed by atoms with E-state index >= 15 is 0 Å². The number of hydrogen-bond acceptors (Lipinski definition) is 6. The first-order valence-electron chi connectivity index (χ1n) is 8.12. The van der Waals surface area contributed by atoms with Crippen LogP contribution in [0.3, 0.4) is 0 Å². The van der Waals surface area contributed by atoms with Crippen LogP contribution in [0.4, 0.5) is 0 Å². The molecule has 0 heterocycles. The summed E-state index contributed by atoms with van der Waals surface area (Å²) >= 11 is 0. The average Bonchev–Trinajstić information content (AvgIpc) is 2.65. The van der Waals surface area contributed by atoms with Gasteiger partial charge in [-0.2, -0.15) is 0 Å². The lowest BCUT2D eigenvalue weighted by molar-refractivity contribution is -0.129. The van der Waals surface area contributed by atoms with E-state index < -0.39 is 27.8 Å². The van der Waals surface area contributed by atoms with Crippen LogP contribution < -0.4 is 10.1 Å². The van der Waals surface area contributed by atoms with Crippen molar-refractivity contribution < 1.29 is 27.5 Å². The summed E-state index contributed by atoms with van der Waals surface area (Å²) in [5.41, 5.74) is 1.04. The van der Waals surface area contributed by atoms with Crippen LogP contribution in [-0.2, 0) is 25.9 Å². The fourth-order valence-corrected chi connectivity index (χ4v) is 2.83. The summed E-state index contributed by atoms with van der Waals surface area (Å²) < 4.78 is 33.1. The lowest BCUT2D eigenvalue weighted by Crippen LogP contribution is -2.35. The van der Waals surface area contributed by atoms with Gasteiger partial charge in [0.1, 0.15) is 5.75 Å². The molecule has 0 spiro atoms. The number of methoxy groups -OCH3 is 1. The number of carbonyl (C=O) groups excluding carboxylic acids is 2. The Kier molecular flexibility index (Phi) is 6.57. The minimum atomic E-state index is -3.34. The van der Waals surface area contributed by atoms with Gasteiger partial charge in [-0.05, 0) is 48.9 Å². The average molecular weight is 391 g/mol. The summed E-state index contributed by atoms with van der Waals surface area (Å²) in [6, 6.07) is 12.5. The quantitative estimate of drug-likeness (QED) is 0.725. The maximum atomic E-state index is 12.1. The van der Waals surface area contributed by atoms with E-state index in [1.807, 2.05) is 12.1 Å². The first-order chi connectivity index (χ1) is 12.7. The topological polar surface area (TPSA) is 98.8 Å². The van der Waals surface area contributed by atoms with E-state index in [-0.39, 0.29) is 17.0 Å². The van der Waals surface area contributed by atoms with Crippen molar-refractivity contribution in [1.82, 2.24) is 5.32 Å². The van der Waals surface area contributed by atoms with Crippen molar-refractivity contribution in [1.29, 1.82) is 0 Å². The molecule has 7 nitrogen and oxygen atoms in total. The van der Waals surface area contributed by atoms with Crippen LogP contribution >= 0.6 is 0 Å². The number of rotatable bonds is 7. The number of benzene rings is 2. The Hall–Kier alpha value is -2.87. The van der Waals surface area contributed by atoms with Crippen molar-refractivity contribution in [2.45, 2.75) is 24.5 Å². The SMILES string of the molecule is COc1ccc(CNC(=O)[C@H](C)OC(=O)c2ccc(S(C)(=O)=O)cc2)cc1. The van der Waals surface area contributed by atoms with Gasteiger partial charge in [-0.1, -0.05) is 12.1 Å². The first-order valence-corrected chi connectivity index (χ1v) is 10.0. The molecule has 0 fully saturated rings. The standard InChI is InChI=1S/C19H21NO6S/c1-13(18(21)20-12-14-4-8-16(25-2)9-5-14)26-19(22)15-6-10-17(11-7-15)27(3,23)24/h4-11,13H,12H2,1-3H3,(H,20,21)/t13-/m0/s1. The molecule has 0 saturated carbocycles. The third kappa shape index (κ3) is 5.82. The zero-order valence-corrected chi connectivity index (χ0v) is 16.1. The summed E-state index contributed by atoms with van der Waals surface area (Å²) in [5.74, 6) is -0.427. The summed E-state index contributed by atoms with van der Waals surface area (Å²) in [6.45, 7) is 1.75. The number of nitrogens with one attached hydrogen (secondary N) is 1. The van der Waals surface area contributed by atoms with Crippen LogP contribution in [0.5, 0.6) is 5.75 Å². The van der Waals surface area contributed by atoms with Crippen LogP contribution in [0.1, 0.15) is 22.8 Å². The normalized spacial score (nSPS) is 12.1. The van der Waals surface area contributed by atoms with Gasteiger partial charge in [-0.15, -0.1) is 0 Å². The van der Waals surface area contributed by atoms with E-state index in [0.717, 1.165) is 11.8 Å². The van der Waals surface area contributed by atoms with E-state index in [0.29, 0.717) is 5.75 Å². The maximum Gasteiger partial charge on any atom is 0.338 e. The molecule has 0 bridgehead atoms. The van der Waals surface area contributed by atoms with Gasteiger partial charge in [-0.25, -0.2) is 13.2 Å². The predicted octanol–water partition coefficient (Wildman–Crippen LogP) is 1.96. The van der Waals surface area contributed by atoms with Crippen molar-refractivity contribution in [2.24, 2.45) is 0 Å². The number of hydrogen-bond donors (Lipinski definition) is 1. The maximum absolute atomic E-state index is 12.1. The molecular weight excluding hydrogens is 370 g/mol. The molecule has 0 aliphatic heterocycles. The minimum absolute atomic E-state index is 0.101. The summed E-state index contributed by atoms with van der Waals surface area (Å²) in [7, 11) is -1.77. The number of esters is 1. The molecule has 2 aromatic carbocycles. The highest BCUT2D eigenvalue weighted by Crippen LogP contribution is 2.13. The Bertz CT molecular complexity index is 904. The molecule has 144 valence electrons. The third-order valence-corrected chi connectivity index (χ3v) is 4.93. The van der Waals surface area contributed by atoms with E-state index in [4.69, 9.17) is 9.47 Å². The summed E-state index contributed by atoms with van der Waals surface area (Å²) in [5, 5.41) is 2.69. The van der Waals surface area contributed by atoms with Crippen LogP contribution in [0.25, 0.3) is 0 Å². The van der Waals surface area contributed by atoms with E-state index in [1.165, 1.54) is 31.2 Å². The smallest absolute Gasteiger partial charge is 0.338 e. The van der Waals surface area contributed by atoms with E-state index in [2.05, 4.69) is 5.32 Å². The molecule has 0 aliphatic carbocycles. The largest absolute Gasteiger partial charge is 0.497 e. The third-order valence-electron chi connectivity index (χ3n) is 3.80. The van der Waals surface area contributed by atoms with Crippen molar-refractivity contribution in [2.75, 3.05) is 13.4 Å². The monoisotopic (exact) mass is 391 g/mol. The van der Waals surface area contributed by atoms with E-state index in [1.54, 1.807) is 19.2 Å². The Morgan fingerprint density at radius 1 is 1.04 bits per heavy atom. The van der Waals surface area contributed by atoms with Gasteiger partial charge in [-0.3, -0.25) is 4.79 Å². The van der Waals surface area contributed by atoms with Crippen LogP contribution in [0.15, 0.2) is 53.4 Å². The number of ether oxygens (including phenoxy) is 2. The lowest BCUT2D eigenvalue weighted by atomic mass is 10.2. The van der Waals surface area contributed by atoms with Crippen molar-refractivity contribution in [3.63, 3.8) is 0 Å². The Balaban J connectivity index is 1.90. The Morgan fingerprint density at radius 3 is 2.15 bits per heavy atom. The van der Waals surface area contributed by atoms with Crippen LogP contribution in [0, 0.1) is 0 Å². The molecule has 0 saturated heterocycles. The fourth-order valence-electron chi connectivity index (χ4n) is 2.20. The highest BCUT2D eigenvalue weighted by molar-refractivity contribution is 7.90. The van der Waals surface area contributed by atoms with Crippen molar-refractivity contribution in [3.8, 4) is 5.75 Å². The molecule has 0 unspecified atom stereocenters. The van der Waals surface area contributed by atoms with Crippen LogP contribution in [-0.4, -0.2) is 39.8 Å². The highest BCUT2D eigenvalue weighted by Gasteiger charge is 2.19. The zero-order chi connectivity index (χ0) is 20.0. The molecule has 0 aromatic heterocycles. The molecule has 8 heteroatoms. The van der Waals surface area contributed by atoms with Gasteiger partial charge >= 0.3 is 5.97 Å². The molecule has 27 heavy (non-hydrogen) atoms. The second-order valence-corrected chi connectivity index (χ2v) is 7.93. The molecule has 1 atom stereocenters. The predicted molar refractivity (Wildman–Crippen MR) is 99.3 cm³/mol. The molecule has 0 aliphatic rings. The van der Waals surface area contributed by atoms with Gasteiger partial charge in [0.2, 0.25) is 0 Å². The summed E-state index contributed by atoms with van der Waals surface area (Å²) in [4.78, 5) is 24.3. The lowest BCUT2D eigenvalue weighted by Gasteiger charge is -2.14. The molecular formula is C19H21NO6S. The fraction of sp³-hybridized carbons (Fsp3) is 0.263. The minimum Gasteiger partial charge on any atom is -0.497 e. The zero-order valence-electron chi connectivity index (χ0n) is 15.3. The molecule has 2 aromatic rings. The van der Waals surface area contributed by atoms with Crippen LogP contribution in [0.2, 0.25) is 0 Å².